The fraction of sp³-hybridized carbons (Fsp3) is 0.476. The van der Waals surface area contributed by atoms with Crippen LogP contribution in [0, 0.1) is 19.7 Å². The highest BCUT2D eigenvalue weighted by atomic mass is 19.1. The van der Waals surface area contributed by atoms with E-state index in [-0.39, 0.29) is 29.6 Å². The summed E-state index contributed by atoms with van der Waals surface area (Å²) in [5.41, 5.74) is 8.52. The molecule has 2 N–H and O–H groups in total. The van der Waals surface area contributed by atoms with Gasteiger partial charge in [0.05, 0.1) is 0 Å². The fourth-order valence-electron chi connectivity index (χ4n) is 3.45. The van der Waals surface area contributed by atoms with Gasteiger partial charge in [-0.05, 0) is 51.8 Å². The van der Waals surface area contributed by atoms with Crippen LogP contribution in [0.3, 0.4) is 0 Å². The molecule has 1 aliphatic rings. The normalized spacial score (nSPS) is 16.7. The molecule has 7 heteroatoms. The van der Waals surface area contributed by atoms with Gasteiger partial charge in [0.25, 0.3) is 5.91 Å². The molecule has 1 aromatic carbocycles. The predicted octanol–water partition coefficient (Wildman–Crippen LogP) is 2.82. The second-order valence-corrected chi connectivity index (χ2v) is 7.73. The zero-order valence-electron chi connectivity index (χ0n) is 16.9. The Morgan fingerprint density at radius 2 is 2.11 bits per heavy atom. The van der Waals surface area contributed by atoms with Crippen LogP contribution >= 0.6 is 0 Å². The Bertz CT molecular complexity index is 870. The maximum Gasteiger partial charge on any atom is 0.292 e. The number of nitrogens with zero attached hydrogens (tertiary/aromatic N) is 4. The van der Waals surface area contributed by atoms with E-state index in [2.05, 4.69) is 14.9 Å². The number of hydrogen-bond donors (Lipinski definition) is 1. The number of carbonyl (C=O) groups is 1. The molecular weight excluding hydrogens is 357 g/mol. The highest BCUT2D eigenvalue weighted by Gasteiger charge is 2.27. The zero-order valence-corrected chi connectivity index (χ0v) is 16.9. The number of nitrogens with two attached hydrogens (primary N) is 1. The van der Waals surface area contributed by atoms with Gasteiger partial charge >= 0.3 is 0 Å². The molecule has 2 aromatic rings. The zero-order chi connectivity index (χ0) is 20.4. The van der Waals surface area contributed by atoms with Crippen molar-refractivity contribution in [3.05, 3.63) is 52.7 Å². The van der Waals surface area contributed by atoms with E-state index in [0.29, 0.717) is 6.54 Å². The Morgan fingerprint density at radius 1 is 1.36 bits per heavy atom. The van der Waals surface area contributed by atoms with Gasteiger partial charge in [-0.1, -0.05) is 12.1 Å². The van der Waals surface area contributed by atoms with E-state index in [9.17, 15) is 9.18 Å². The van der Waals surface area contributed by atoms with Crippen molar-refractivity contribution in [3.63, 3.8) is 0 Å². The van der Waals surface area contributed by atoms with E-state index >= 15 is 0 Å². The molecule has 0 spiro atoms. The van der Waals surface area contributed by atoms with E-state index in [4.69, 9.17) is 5.73 Å². The molecule has 1 fully saturated rings. The number of aryl methyl sites for hydroxylation is 1. The minimum Gasteiger partial charge on any atom is -0.355 e. The number of amides is 1. The molecule has 1 aromatic heterocycles. The number of benzene rings is 1. The van der Waals surface area contributed by atoms with Crippen LogP contribution in [0.25, 0.3) is 0 Å². The number of anilines is 1. The average molecular weight is 385 g/mol. The van der Waals surface area contributed by atoms with Crippen molar-refractivity contribution in [1.29, 1.82) is 0 Å². The van der Waals surface area contributed by atoms with Crippen molar-refractivity contribution in [2.75, 3.05) is 18.0 Å². The molecule has 1 saturated heterocycles. The molecular formula is C21H28FN5O. The number of hydrogen-bond acceptors (Lipinski definition) is 5. The van der Waals surface area contributed by atoms with Crippen LogP contribution in [-0.2, 0) is 6.54 Å². The van der Waals surface area contributed by atoms with Gasteiger partial charge in [0.15, 0.2) is 0 Å². The van der Waals surface area contributed by atoms with E-state index in [1.807, 2.05) is 33.8 Å². The molecule has 28 heavy (non-hydrogen) atoms. The lowest BCUT2D eigenvalue weighted by atomic mass is 10.1. The van der Waals surface area contributed by atoms with Crippen LogP contribution in [0.2, 0.25) is 0 Å². The number of rotatable bonds is 5. The SMILES string of the molecule is Cc1nc(C(=O)N(Cc2cccc(F)c2)C(C)C)nc(N2CC[C@@H](N)C2)c1C. The van der Waals surface area contributed by atoms with Gasteiger partial charge in [0.2, 0.25) is 5.82 Å². The summed E-state index contributed by atoms with van der Waals surface area (Å²) in [4.78, 5) is 26.1. The lowest BCUT2D eigenvalue weighted by Crippen LogP contribution is -2.38. The van der Waals surface area contributed by atoms with Crippen LogP contribution in [0.15, 0.2) is 24.3 Å². The summed E-state index contributed by atoms with van der Waals surface area (Å²) in [6, 6.07) is 6.34. The molecule has 2 heterocycles. The minimum atomic E-state index is -0.316. The molecule has 0 radical (unpaired) electrons. The molecule has 0 saturated carbocycles. The maximum atomic E-state index is 13.6. The quantitative estimate of drug-likeness (QED) is 0.857. The van der Waals surface area contributed by atoms with Crippen LogP contribution in [0.4, 0.5) is 10.2 Å². The topological polar surface area (TPSA) is 75.4 Å². The lowest BCUT2D eigenvalue weighted by Gasteiger charge is -2.27. The summed E-state index contributed by atoms with van der Waals surface area (Å²) >= 11 is 0. The molecule has 150 valence electrons. The summed E-state index contributed by atoms with van der Waals surface area (Å²) in [6.45, 7) is 9.56. The summed E-state index contributed by atoms with van der Waals surface area (Å²) < 4.78 is 13.6. The van der Waals surface area contributed by atoms with Crippen molar-refractivity contribution < 1.29 is 9.18 Å². The Morgan fingerprint density at radius 3 is 2.71 bits per heavy atom. The number of halogens is 1. The van der Waals surface area contributed by atoms with Crippen molar-refractivity contribution in [3.8, 4) is 0 Å². The molecule has 3 rings (SSSR count). The molecule has 0 bridgehead atoms. The first-order valence-electron chi connectivity index (χ1n) is 9.67. The van der Waals surface area contributed by atoms with Gasteiger partial charge in [-0.15, -0.1) is 0 Å². The third-order valence-corrected chi connectivity index (χ3v) is 5.21. The van der Waals surface area contributed by atoms with Crippen LogP contribution < -0.4 is 10.6 Å². The summed E-state index contributed by atoms with van der Waals surface area (Å²) in [7, 11) is 0. The predicted molar refractivity (Wildman–Crippen MR) is 108 cm³/mol. The monoisotopic (exact) mass is 385 g/mol. The average Bonchev–Trinajstić information content (AvgIpc) is 3.07. The van der Waals surface area contributed by atoms with Gasteiger partial charge in [0, 0.05) is 43.0 Å². The highest BCUT2D eigenvalue weighted by Crippen LogP contribution is 2.24. The van der Waals surface area contributed by atoms with Crippen molar-refractivity contribution in [1.82, 2.24) is 14.9 Å². The Hall–Kier alpha value is -2.54. The molecule has 0 aliphatic carbocycles. The maximum absolute atomic E-state index is 13.6. The van der Waals surface area contributed by atoms with Gasteiger partial charge in [-0.3, -0.25) is 4.79 Å². The van der Waals surface area contributed by atoms with Crippen molar-refractivity contribution >= 4 is 11.7 Å². The lowest BCUT2D eigenvalue weighted by molar-refractivity contribution is 0.0677. The highest BCUT2D eigenvalue weighted by molar-refractivity contribution is 5.91. The molecule has 1 aliphatic heterocycles. The third kappa shape index (κ3) is 4.30. The van der Waals surface area contributed by atoms with Crippen molar-refractivity contribution in [2.45, 2.75) is 52.7 Å². The van der Waals surface area contributed by atoms with Crippen LogP contribution in [0.5, 0.6) is 0 Å². The van der Waals surface area contributed by atoms with Gasteiger partial charge in [-0.25, -0.2) is 14.4 Å². The second kappa shape index (κ2) is 8.22. The largest absolute Gasteiger partial charge is 0.355 e. The van der Waals surface area contributed by atoms with Gasteiger partial charge in [-0.2, -0.15) is 0 Å². The molecule has 1 amide bonds. The van der Waals surface area contributed by atoms with E-state index in [1.54, 1.807) is 11.0 Å². The number of aromatic nitrogens is 2. The smallest absolute Gasteiger partial charge is 0.292 e. The van der Waals surface area contributed by atoms with E-state index in [0.717, 1.165) is 42.1 Å². The fourth-order valence-corrected chi connectivity index (χ4v) is 3.45. The standard InChI is InChI=1S/C21H28FN5O/c1-13(2)27(11-16-6-5-7-17(22)10-16)21(28)19-24-15(4)14(3)20(25-19)26-9-8-18(23)12-26/h5-7,10,13,18H,8-9,11-12,23H2,1-4H3/t18-/m1/s1. The molecule has 1 atom stereocenters. The van der Waals surface area contributed by atoms with Crippen LogP contribution in [0.1, 0.15) is 47.7 Å². The Kier molecular flexibility index (Phi) is 5.93. The van der Waals surface area contributed by atoms with Gasteiger partial charge < -0.3 is 15.5 Å². The summed E-state index contributed by atoms with van der Waals surface area (Å²) in [5.74, 6) is 0.373. The summed E-state index contributed by atoms with van der Waals surface area (Å²) in [6.07, 6.45) is 0.906. The van der Waals surface area contributed by atoms with Crippen molar-refractivity contribution in [2.24, 2.45) is 5.73 Å². The Labute approximate surface area is 165 Å². The molecule has 6 nitrogen and oxygen atoms in total. The van der Waals surface area contributed by atoms with Gasteiger partial charge in [0.1, 0.15) is 11.6 Å². The first-order chi connectivity index (χ1) is 13.3. The Balaban J connectivity index is 1.91. The minimum absolute atomic E-state index is 0.0790. The second-order valence-electron chi connectivity index (χ2n) is 7.73. The first kappa shape index (κ1) is 20.2. The van der Waals surface area contributed by atoms with E-state index in [1.165, 1.54) is 12.1 Å². The van der Waals surface area contributed by atoms with Crippen LogP contribution in [-0.4, -0.2) is 45.9 Å². The summed E-state index contributed by atoms with van der Waals surface area (Å²) in [5, 5.41) is 0. The first-order valence-corrected chi connectivity index (χ1v) is 9.67. The number of carbonyl (C=O) groups excluding carboxylic acids is 1. The molecule has 0 unspecified atom stereocenters. The van der Waals surface area contributed by atoms with E-state index < -0.39 is 0 Å². The third-order valence-electron chi connectivity index (χ3n) is 5.21.